The summed E-state index contributed by atoms with van der Waals surface area (Å²) in [5.41, 5.74) is 3.24. The van der Waals surface area contributed by atoms with Gasteiger partial charge in [-0.2, -0.15) is 0 Å². The monoisotopic (exact) mass is 388 g/mol. The first-order valence-electron chi connectivity index (χ1n) is 10.3. The van der Waals surface area contributed by atoms with E-state index in [1.807, 2.05) is 30.0 Å². The lowest BCUT2D eigenvalue weighted by molar-refractivity contribution is 0.0712. The summed E-state index contributed by atoms with van der Waals surface area (Å²) in [7, 11) is 0. The van der Waals surface area contributed by atoms with E-state index in [1.54, 1.807) is 18.7 Å². The van der Waals surface area contributed by atoms with Crippen molar-refractivity contribution in [3.05, 3.63) is 54.2 Å². The third-order valence-electron chi connectivity index (χ3n) is 5.86. The van der Waals surface area contributed by atoms with E-state index in [0.717, 1.165) is 48.5 Å². The molecule has 29 heavy (non-hydrogen) atoms. The number of hydrogen-bond acceptors (Lipinski definition) is 6. The van der Waals surface area contributed by atoms with Gasteiger partial charge in [0.1, 0.15) is 12.1 Å². The number of anilines is 1. The van der Waals surface area contributed by atoms with E-state index >= 15 is 0 Å². The quantitative estimate of drug-likeness (QED) is 0.684. The lowest BCUT2D eigenvalue weighted by Gasteiger charge is -2.39. The summed E-state index contributed by atoms with van der Waals surface area (Å²) in [5, 5.41) is 0. The van der Waals surface area contributed by atoms with Gasteiger partial charge < -0.3 is 9.80 Å². The molecule has 1 saturated heterocycles. The Balaban J connectivity index is 1.29. The van der Waals surface area contributed by atoms with Crippen LogP contribution in [0.1, 0.15) is 41.7 Å². The summed E-state index contributed by atoms with van der Waals surface area (Å²) in [6, 6.07) is 8.64. The third-order valence-corrected chi connectivity index (χ3v) is 5.86. The average Bonchev–Trinajstić information content (AvgIpc) is 3.59. The zero-order chi connectivity index (χ0) is 19.8. The molecule has 0 unspecified atom stereocenters. The molecule has 0 atom stereocenters. The number of hydrogen-bond donors (Lipinski definition) is 0. The van der Waals surface area contributed by atoms with Gasteiger partial charge in [0.15, 0.2) is 0 Å². The molecule has 1 amide bonds. The molecular formula is C22H24N6O. The van der Waals surface area contributed by atoms with Crippen molar-refractivity contribution in [2.45, 2.75) is 44.7 Å². The van der Waals surface area contributed by atoms with Gasteiger partial charge in [-0.15, -0.1) is 0 Å². The SMILES string of the molecule is Cc1cc(N(C2CC2)C2CCN(C(=O)c3ccc4nccnc4c3)CC2)ncn1. The van der Waals surface area contributed by atoms with Crippen molar-refractivity contribution in [2.75, 3.05) is 18.0 Å². The predicted octanol–water partition coefficient (Wildman–Crippen LogP) is 3.00. The average molecular weight is 388 g/mol. The Morgan fingerprint density at radius 1 is 0.931 bits per heavy atom. The zero-order valence-electron chi connectivity index (χ0n) is 16.5. The zero-order valence-corrected chi connectivity index (χ0v) is 16.5. The number of carbonyl (C=O) groups excluding carboxylic acids is 1. The van der Waals surface area contributed by atoms with Crippen LogP contribution in [0.4, 0.5) is 5.82 Å². The van der Waals surface area contributed by atoms with Gasteiger partial charge in [-0.25, -0.2) is 9.97 Å². The molecule has 148 valence electrons. The van der Waals surface area contributed by atoms with E-state index in [2.05, 4.69) is 30.9 Å². The number of nitrogens with zero attached hydrogens (tertiary/aromatic N) is 6. The van der Waals surface area contributed by atoms with Crippen molar-refractivity contribution < 1.29 is 4.79 Å². The maximum Gasteiger partial charge on any atom is 0.253 e. The number of fused-ring (bicyclic) bond motifs is 1. The van der Waals surface area contributed by atoms with Gasteiger partial charge in [0.05, 0.1) is 11.0 Å². The molecule has 1 saturated carbocycles. The van der Waals surface area contributed by atoms with E-state index in [1.165, 1.54) is 12.8 Å². The van der Waals surface area contributed by atoms with Crippen molar-refractivity contribution >= 4 is 22.8 Å². The lowest BCUT2D eigenvalue weighted by atomic mass is 10.0. The molecule has 3 heterocycles. The fourth-order valence-corrected chi connectivity index (χ4v) is 4.23. The first-order valence-corrected chi connectivity index (χ1v) is 10.3. The summed E-state index contributed by atoms with van der Waals surface area (Å²) >= 11 is 0. The number of amides is 1. The van der Waals surface area contributed by atoms with Crippen LogP contribution < -0.4 is 4.90 Å². The maximum absolute atomic E-state index is 13.0. The third kappa shape index (κ3) is 3.64. The number of carbonyl (C=O) groups is 1. The van der Waals surface area contributed by atoms with E-state index in [9.17, 15) is 4.79 Å². The van der Waals surface area contributed by atoms with Crippen LogP contribution in [0.15, 0.2) is 43.0 Å². The molecule has 1 aliphatic carbocycles. The minimum absolute atomic E-state index is 0.0758. The Kier molecular flexibility index (Phi) is 4.58. The second-order valence-electron chi connectivity index (χ2n) is 7.94. The van der Waals surface area contributed by atoms with Crippen LogP contribution in [-0.4, -0.2) is 55.9 Å². The Labute approximate surface area is 169 Å². The second-order valence-corrected chi connectivity index (χ2v) is 7.94. The number of rotatable bonds is 4. The topological polar surface area (TPSA) is 75.1 Å². The molecule has 7 heteroatoms. The van der Waals surface area contributed by atoms with Gasteiger partial charge in [-0.05, 0) is 50.8 Å². The highest BCUT2D eigenvalue weighted by Crippen LogP contribution is 2.35. The molecule has 0 bridgehead atoms. The van der Waals surface area contributed by atoms with Crippen molar-refractivity contribution in [3.63, 3.8) is 0 Å². The molecular weight excluding hydrogens is 364 g/mol. The normalized spacial score (nSPS) is 17.5. The number of likely N-dealkylation sites (tertiary alicyclic amines) is 1. The molecule has 5 rings (SSSR count). The molecule has 0 radical (unpaired) electrons. The summed E-state index contributed by atoms with van der Waals surface area (Å²) in [4.78, 5) is 34.8. The van der Waals surface area contributed by atoms with Gasteiger partial charge in [0, 0.05) is 54.9 Å². The fourth-order valence-electron chi connectivity index (χ4n) is 4.23. The number of aryl methyl sites for hydroxylation is 1. The summed E-state index contributed by atoms with van der Waals surface area (Å²) in [6.45, 7) is 3.52. The molecule has 2 aliphatic rings. The van der Waals surface area contributed by atoms with E-state index in [-0.39, 0.29) is 5.91 Å². The smallest absolute Gasteiger partial charge is 0.253 e. The highest BCUT2D eigenvalue weighted by atomic mass is 16.2. The lowest BCUT2D eigenvalue weighted by Crippen LogP contribution is -2.48. The van der Waals surface area contributed by atoms with E-state index < -0.39 is 0 Å². The van der Waals surface area contributed by atoms with Crippen LogP contribution in [0, 0.1) is 6.92 Å². The van der Waals surface area contributed by atoms with Crippen molar-refractivity contribution in [1.29, 1.82) is 0 Å². The molecule has 2 aromatic heterocycles. The highest BCUT2D eigenvalue weighted by molar-refractivity contribution is 5.97. The van der Waals surface area contributed by atoms with Gasteiger partial charge in [-0.3, -0.25) is 14.8 Å². The van der Waals surface area contributed by atoms with Crippen molar-refractivity contribution in [2.24, 2.45) is 0 Å². The van der Waals surface area contributed by atoms with Gasteiger partial charge >= 0.3 is 0 Å². The van der Waals surface area contributed by atoms with Gasteiger partial charge in [0.25, 0.3) is 5.91 Å². The second kappa shape index (κ2) is 7.39. The Morgan fingerprint density at radius 2 is 1.66 bits per heavy atom. The van der Waals surface area contributed by atoms with E-state index in [0.29, 0.717) is 17.6 Å². The molecule has 7 nitrogen and oxygen atoms in total. The number of benzene rings is 1. The number of piperidine rings is 1. The summed E-state index contributed by atoms with van der Waals surface area (Å²) in [5.74, 6) is 1.10. The largest absolute Gasteiger partial charge is 0.350 e. The Hall–Kier alpha value is -3.09. The molecule has 3 aromatic rings. The fraction of sp³-hybridized carbons (Fsp3) is 0.409. The first-order chi connectivity index (χ1) is 14.2. The molecule has 1 aliphatic heterocycles. The van der Waals surface area contributed by atoms with Crippen LogP contribution in [0.25, 0.3) is 11.0 Å². The Morgan fingerprint density at radius 3 is 2.38 bits per heavy atom. The summed E-state index contributed by atoms with van der Waals surface area (Å²) < 4.78 is 0. The van der Waals surface area contributed by atoms with Crippen LogP contribution in [-0.2, 0) is 0 Å². The van der Waals surface area contributed by atoms with Crippen molar-refractivity contribution in [1.82, 2.24) is 24.8 Å². The molecule has 0 N–H and O–H groups in total. The maximum atomic E-state index is 13.0. The van der Waals surface area contributed by atoms with Crippen molar-refractivity contribution in [3.8, 4) is 0 Å². The first kappa shape index (κ1) is 18.0. The molecule has 2 fully saturated rings. The highest BCUT2D eigenvalue weighted by Gasteiger charge is 2.37. The molecule has 1 aromatic carbocycles. The van der Waals surface area contributed by atoms with Crippen LogP contribution in [0.5, 0.6) is 0 Å². The minimum Gasteiger partial charge on any atom is -0.350 e. The minimum atomic E-state index is 0.0758. The van der Waals surface area contributed by atoms with Gasteiger partial charge in [-0.1, -0.05) is 0 Å². The van der Waals surface area contributed by atoms with Gasteiger partial charge in [0.2, 0.25) is 0 Å². The van der Waals surface area contributed by atoms with Crippen LogP contribution in [0.3, 0.4) is 0 Å². The standard InChI is InChI=1S/C22H24N6O/c1-15-12-21(26-14-25-15)28(17-3-4-17)18-6-10-27(11-7-18)22(29)16-2-5-19-20(13-16)24-9-8-23-19/h2,5,8-9,12-14,17-18H,3-4,6-7,10-11H2,1H3. The summed E-state index contributed by atoms with van der Waals surface area (Å²) in [6.07, 6.45) is 9.34. The van der Waals surface area contributed by atoms with E-state index in [4.69, 9.17) is 0 Å². The molecule has 0 spiro atoms. The van der Waals surface area contributed by atoms with Crippen LogP contribution in [0.2, 0.25) is 0 Å². The van der Waals surface area contributed by atoms with Crippen LogP contribution >= 0.6 is 0 Å². The Bertz CT molecular complexity index is 1040. The number of aromatic nitrogens is 4. The predicted molar refractivity (Wildman–Crippen MR) is 111 cm³/mol.